The molecule has 0 aliphatic carbocycles. The summed E-state index contributed by atoms with van der Waals surface area (Å²) in [5, 5.41) is 8.89. The number of thiazole rings is 1. The van der Waals surface area contributed by atoms with Crippen molar-refractivity contribution in [1.29, 1.82) is 0 Å². The first-order valence-electron chi connectivity index (χ1n) is 10.0. The van der Waals surface area contributed by atoms with E-state index < -0.39 is 0 Å². The molecular weight excluding hydrogens is 372 g/mol. The van der Waals surface area contributed by atoms with Gasteiger partial charge in [0.05, 0.1) is 24.5 Å². The highest BCUT2D eigenvalue weighted by molar-refractivity contribution is 7.15. The Morgan fingerprint density at radius 3 is 2.96 bits per heavy atom. The summed E-state index contributed by atoms with van der Waals surface area (Å²) in [6.45, 7) is 6.45. The highest BCUT2D eigenvalue weighted by Gasteiger charge is 2.24. The molecule has 0 spiro atoms. The lowest BCUT2D eigenvalue weighted by Crippen LogP contribution is -2.44. The predicted molar refractivity (Wildman–Crippen MR) is 113 cm³/mol. The minimum atomic E-state index is 0.220. The summed E-state index contributed by atoms with van der Waals surface area (Å²) >= 11 is 1.64. The summed E-state index contributed by atoms with van der Waals surface area (Å²) in [6.07, 6.45) is 9.65. The molecule has 0 bridgehead atoms. The van der Waals surface area contributed by atoms with Crippen LogP contribution in [0.1, 0.15) is 43.7 Å². The quantitative estimate of drug-likeness (QED) is 0.471. The van der Waals surface area contributed by atoms with Crippen molar-refractivity contribution >= 4 is 22.3 Å². The van der Waals surface area contributed by atoms with E-state index in [9.17, 15) is 0 Å². The Labute approximate surface area is 169 Å². The van der Waals surface area contributed by atoms with Crippen LogP contribution >= 0.6 is 11.3 Å². The molecule has 1 atom stereocenters. The van der Waals surface area contributed by atoms with Gasteiger partial charge < -0.3 is 15.1 Å². The molecule has 1 aliphatic heterocycles. The third kappa shape index (κ3) is 4.56. The van der Waals surface area contributed by atoms with Gasteiger partial charge in [-0.2, -0.15) is 0 Å². The van der Waals surface area contributed by atoms with Crippen molar-refractivity contribution in [1.82, 2.24) is 24.9 Å². The zero-order valence-corrected chi connectivity index (χ0v) is 17.1. The van der Waals surface area contributed by atoms with Gasteiger partial charge in [-0.3, -0.25) is 9.30 Å². The topological polar surface area (TPSA) is 70.1 Å². The van der Waals surface area contributed by atoms with E-state index in [1.807, 2.05) is 28.2 Å². The van der Waals surface area contributed by atoms with E-state index in [2.05, 4.69) is 33.5 Å². The van der Waals surface area contributed by atoms with Crippen LogP contribution in [0.2, 0.25) is 0 Å². The summed E-state index contributed by atoms with van der Waals surface area (Å²) < 4.78 is 7.78. The number of aliphatic imine (C=N–C) groups is 1. The fraction of sp³-hybridized carbons (Fsp3) is 0.500. The number of fused-ring (bicyclic) bond motifs is 1. The maximum atomic E-state index is 5.74. The number of guanidine groups is 1. The number of likely N-dealkylation sites (tertiary alicyclic amines) is 1. The molecule has 0 radical (unpaired) electrons. The molecule has 4 rings (SSSR count). The van der Waals surface area contributed by atoms with Gasteiger partial charge >= 0.3 is 0 Å². The average Bonchev–Trinajstić information content (AvgIpc) is 3.45. The molecule has 0 aromatic carbocycles. The van der Waals surface area contributed by atoms with Crippen LogP contribution in [-0.4, -0.2) is 46.4 Å². The number of furan rings is 1. The number of imidazole rings is 1. The number of piperidine rings is 1. The van der Waals surface area contributed by atoms with E-state index in [4.69, 9.17) is 9.41 Å². The van der Waals surface area contributed by atoms with Gasteiger partial charge in [0.25, 0.3) is 0 Å². The monoisotopic (exact) mass is 400 g/mol. The number of nitrogens with one attached hydrogen (secondary N) is 2. The van der Waals surface area contributed by atoms with Crippen molar-refractivity contribution in [2.75, 3.05) is 26.2 Å². The van der Waals surface area contributed by atoms with Gasteiger partial charge in [-0.05, 0) is 45.0 Å². The molecule has 1 unspecified atom stereocenters. The number of nitrogens with zero attached hydrogens (tertiary/aromatic N) is 4. The average molecular weight is 401 g/mol. The second-order valence-electron chi connectivity index (χ2n) is 7.03. The SMILES string of the molecule is CCNC(=NCc1cn2ccsc2n1)NCC(c1ccco1)N1CCCCC1. The van der Waals surface area contributed by atoms with Crippen LogP contribution in [0.3, 0.4) is 0 Å². The van der Waals surface area contributed by atoms with E-state index >= 15 is 0 Å². The highest BCUT2D eigenvalue weighted by atomic mass is 32.1. The lowest BCUT2D eigenvalue weighted by molar-refractivity contribution is 0.146. The second kappa shape index (κ2) is 9.25. The molecule has 8 heteroatoms. The van der Waals surface area contributed by atoms with Crippen molar-refractivity contribution < 1.29 is 4.42 Å². The zero-order valence-electron chi connectivity index (χ0n) is 16.3. The fourth-order valence-electron chi connectivity index (χ4n) is 3.67. The Bertz CT molecular complexity index is 849. The van der Waals surface area contributed by atoms with Crippen molar-refractivity contribution in [3.8, 4) is 0 Å². The fourth-order valence-corrected chi connectivity index (χ4v) is 4.39. The minimum absolute atomic E-state index is 0.220. The van der Waals surface area contributed by atoms with Crippen LogP contribution in [0.5, 0.6) is 0 Å². The maximum Gasteiger partial charge on any atom is 0.193 e. The molecule has 28 heavy (non-hydrogen) atoms. The van der Waals surface area contributed by atoms with Gasteiger partial charge in [0.2, 0.25) is 0 Å². The lowest BCUT2D eigenvalue weighted by Gasteiger charge is -2.33. The van der Waals surface area contributed by atoms with Crippen LogP contribution in [0, 0.1) is 0 Å². The molecule has 150 valence electrons. The van der Waals surface area contributed by atoms with Gasteiger partial charge in [-0.25, -0.2) is 9.98 Å². The highest BCUT2D eigenvalue weighted by Crippen LogP contribution is 2.24. The summed E-state index contributed by atoms with van der Waals surface area (Å²) in [4.78, 5) is 12.9. The minimum Gasteiger partial charge on any atom is -0.468 e. The number of hydrogen-bond donors (Lipinski definition) is 2. The van der Waals surface area contributed by atoms with Gasteiger partial charge in [-0.15, -0.1) is 11.3 Å². The molecule has 3 aromatic heterocycles. The summed E-state index contributed by atoms with van der Waals surface area (Å²) in [5.74, 6) is 1.83. The van der Waals surface area contributed by atoms with E-state index in [0.29, 0.717) is 6.54 Å². The molecule has 1 aliphatic rings. The Morgan fingerprint density at radius 2 is 2.21 bits per heavy atom. The Balaban J connectivity index is 1.42. The molecule has 2 N–H and O–H groups in total. The molecule has 1 fully saturated rings. The van der Waals surface area contributed by atoms with Crippen molar-refractivity contribution in [3.05, 3.63) is 47.6 Å². The lowest BCUT2D eigenvalue weighted by atomic mass is 10.1. The molecule has 0 saturated carbocycles. The number of aromatic nitrogens is 2. The van der Waals surface area contributed by atoms with Gasteiger partial charge in [0.15, 0.2) is 10.9 Å². The molecule has 7 nitrogen and oxygen atoms in total. The van der Waals surface area contributed by atoms with Crippen LogP contribution in [0.25, 0.3) is 4.96 Å². The van der Waals surface area contributed by atoms with E-state index in [1.165, 1.54) is 19.3 Å². The molecule has 4 heterocycles. The normalized spacial score (nSPS) is 17.1. The van der Waals surface area contributed by atoms with Gasteiger partial charge in [0, 0.05) is 30.9 Å². The summed E-state index contributed by atoms with van der Waals surface area (Å²) in [7, 11) is 0. The molecule has 0 amide bonds. The van der Waals surface area contributed by atoms with Gasteiger partial charge in [-0.1, -0.05) is 6.42 Å². The van der Waals surface area contributed by atoms with E-state index in [-0.39, 0.29) is 6.04 Å². The Morgan fingerprint density at radius 1 is 1.32 bits per heavy atom. The number of hydrogen-bond acceptors (Lipinski definition) is 5. The number of rotatable bonds is 7. The van der Waals surface area contributed by atoms with Crippen LogP contribution < -0.4 is 10.6 Å². The smallest absolute Gasteiger partial charge is 0.193 e. The van der Waals surface area contributed by atoms with Crippen molar-refractivity contribution in [2.45, 2.75) is 38.8 Å². The standard InChI is InChI=1S/C20H28N6OS/c1-2-21-19(22-13-16-15-26-10-12-28-20(26)24-16)23-14-17(18-7-6-11-27-18)25-8-4-3-5-9-25/h6-7,10-12,15,17H,2-5,8-9,13-14H2,1H3,(H2,21,22,23). The van der Waals surface area contributed by atoms with Crippen molar-refractivity contribution in [3.63, 3.8) is 0 Å². The first-order chi connectivity index (χ1) is 13.8. The Hall–Kier alpha value is -2.32. The third-order valence-corrected chi connectivity index (χ3v) is 5.82. The Kier molecular flexibility index (Phi) is 6.28. The largest absolute Gasteiger partial charge is 0.468 e. The zero-order chi connectivity index (χ0) is 19.2. The molecule has 3 aromatic rings. The maximum absolute atomic E-state index is 5.74. The first kappa shape index (κ1) is 19.0. The first-order valence-corrected chi connectivity index (χ1v) is 10.9. The summed E-state index contributed by atoms with van der Waals surface area (Å²) in [6, 6.07) is 4.26. The van der Waals surface area contributed by atoms with E-state index in [0.717, 1.165) is 48.6 Å². The van der Waals surface area contributed by atoms with Crippen LogP contribution in [0.15, 0.2) is 45.6 Å². The second-order valence-corrected chi connectivity index (χ2v) is 7.90. The predicted octanol–water partition coefficient (Wildman–Crippen LogP) is 3.27. The molecular formula is C20H28N6OS. The van der Waals surface area contributed by atoms with Crippen molar-refractivity contribution in [2.24, 2.45) is 4.99 Å². The molecule has 1 saturated heterocycles. The summed E-state index contributed by atoms with van der Waals surface area (Å²) in [5.41, 5.74) is 0.975. The van der Waals surface area contributed by atoms with E-state index in [1.54, 1.807) is 17.6 Å². The third-order valence-electron chi connectivity index (χ3n) is 5.05. The van der Waals surface area contributed by atoms with Crippen LogP contribution in [-0.2, 0) is 6.54 Å². The van der Waals surface area contributed by atoms with Gasteiger partial charge in [0.1, 0.15) is 5.76 Å². The van der Waals surface area contributed by atoms with Crippen LogP contribution in [0.4, 0.5) is 0 Å².